The molecule has 0 aliphatic heterocycles. The number of rotatable bonds is 6. The summed E-state index contributed by atoms with van der Waals surface area (Å²) in [6.45, 7) is 3.61. The summed E-state index contributed by atoms with van der Waals surface area (Å²) >= 11 is 0. The number of amides is 2. The lowest BCUT2D eigenvalue weighted by Crippen LogP contribution is -2.44. The summed E-state index contributed by atoms with van der Waals surface area (Å²) in [5.41, 5.74) is 5.71. The Morgan fingerprint density at radius 3 is 2.70 bits per heavy atom. The van der Waals surface area contributed by atoms with Crippen molar-refractivity contribution in [3.05, 3.63) is 11.8 Å². The van der Waals surface area contributed by atoms with Crippen LogP contribution in [0.2, 0.25) is 0 Å². The van der Waals surface area contributed by atoms with Crippen LogP contribution >= 0.6 is 12.4 Å². The highest BCUT2D eigenvalue weighted by atomic mass is 35.5. The molecule has 0 saturated carbocycles. The predicted octanol–water partition coefficient (Wildman–Crippen LogP) is 0.929. The zero-order valence-corrected chi connectivity index (χ0v) is 12.7. The Bertz CT molecular complexity index is 450. The molecule has 8 heteroatoms. The van der Waals surface area contributed by atoms with Crippen LogP contribution in [0.25, 0.3) is 0 Å². The van der Waals surface area contributed by atoms with E-state index in [0.29, 0.717) is 18.0 Å². The van der Waals surface area contributed by atoms with Crippen molar-refractivity contribution in [1.82, 2.24) is 10.1 Å². The minimum absolute atomic E-state index is 0. The van der Waals surface area contributed by atoms with Crippen LogP contribution in [0.3, 0.4) is 0 Å². The lowest BCUT2D eigenvalue weighted by atomic mass is 10.1. The molecule has 3 N–H and O–H groups in total. The average Bonchev–Trinajstić information content (AvgIpc) is 2.73. The quantitative estimate of drug-likeness (QED) is 0.814. The van der Waals surface area contributed by atoms with E-state index in [1.165, 1.54) is 4.90 Å². The molecule has 1 aromatic rings. The molecule has 0 aromatic carbocycles. The van der Waals surface area contributed by atoms with Gasteiger partial charge in [0.1, 0.15) is 5.76 Å². The van der Waals surface area contributed by atoms with E-state index in [4.69, 9.17) is 10.3 Å². The van der Waals surface area contributed by atoms with Gasteiger partial charge in [0.15, 0.2) is 5.82 Å². The molecular formula is C12H21ClN4O3. The van der Waals surface area contributed by atoms with E-state index in [1.54, 1.807) is 20.0 Å². The minimum Gasteiger partial charge on any atom is -0.360 e. The number of likely N-dealkylation sites (N-methyl/N-ethyl adjacent to an activating group) is 1. The van der Waals surface area contributed by atoms with E-state index in [0.717, 1.165) is 6.42 Å². The number of nitrogens with one attached hydrogen (secondary N) is 1. The third-order valence-electron chi connectivity index (χ3n) is 2.57. The maximum Gasteiger partial charge on any atom is 0.245 e. The second-order valence-corrected chi connectivity index (χ2v) is 4.46. The van der Waals surface area contributed by atoms with Gasteiger partial charge >= 0.3 is 0 Å². The number of aromatic nitrogens is 1. The van der Waals surface area contributed by atoms with E-state index in [2.05, 4.69) is 10.5 Å². The molecule has 1 unspecified atom stereocenters. The average molecular weight is 305 g/mol. The van der Waals surface area contributed by atoms with Gasteiger partial charge in [-0.2, -0.15) is 0 Å². The number of carbonyl (C=O) groups is 2. The summed E-state index contributed by atoms with van der Waals surface area (Å²) in [5, 5.41) is 6.18. The normalized spacial score (nSPS) is 11.4. The SMILES string of the molecule is CCCC(N)C(=O)N(C)CC(=O)Nc1cc(C)on1.Cl. The van der Waals surface area contributed by atoms with Gasteiger partial charge < -0.3 is 20.5 Å². The Hall–Kier alpha value is -1.60. The second-order valence-electron chi connectivity index (χ2n) is 4.46. The van der Waals surface area contributed by atoms with Gasteiger partial charge in [0.2, 0.25) is 11.8 Å². The van der Waals surface area contributed by atoms with Gasteiger partial charge in [0, 0.05) is 13.1 Å². The van der Waals surface area contributed by atoms with Crippen molar-refractivity contribution in [3.8, 4) is 0 Å². The lowest BCUT2D eigenvalue weighted by molar-refractivity contribution is -0.134. The van der Waals surface area contributed by atoms with Gasteiger partial charge in [-0.25, -0.2) is 0 Å². The van der Waals surface area contributed by atoms with E-state index in [1.807, 2.05) is 6.92 Å². The maximum atomic E-state index is 11.8. The molecule has 114 valence electrons. The van der Waals surface area contributed by atoms with Gasteiger partial charge in [-0.1, -0.05) is 18.5 Å². The standard InChI is InChI=1S/C12H20N4O3.ClH/c1-4-5-9(13)12(18)16(3)7-11(17)14-10-6-8(2)19-15-10;/h6,9H,4-5,7,13H2,1-3H3,(H,14,15,17);1H. The van der Waals surface area contributed by atoms with Crippen molar-refractivity contribution in [2.75, 3.05) is 18.9 Å². The fourth-order valence-corrected chi connectivity index (χ4v) is 1.62. The molecule has 0 bridgehead atoms. The highest BCUT2D eigenvalue weighted by Gasteiger charge is 2.19. The van der Waals surface area contributed by atoms with Crippen LogP contribution in [0.1, 0.15) is 25.5 Å². The fourth-order valence-electron chi connectivity index (χ4n) is 1.62. The van der Waals surface area contributed by atoms with Crippen LogP contribution < -0.4 is 11.1 Å². The molecule has 2 amide bonds. The molecule has 0 radical (unpaired) electrons. The first kappa shape index (κ1) is 18.4. The van der Waals surface area contributed by atoms with E-state index in [9.17, 15) is 9.59 Å². The van der Waals surface area contributed by atoms with Crippen molar-refractivity contribution < 1.29 is 14.1 Å². The largest absolute Gasteiger partial charge is 0.360 e. The lowest BCUT2D eigenvalue weighted by Gasteiger charge is -2.20. The third-order valence-corrected chi connectivity index (χ3v) is 2.57. The summed E-state index contributed by atoms with van der Waals surface area (Å²) in [7, 11) is 1.55. The van der Waals surface area contributed by atoms with Crippen molar-refractivity contribution in [2.24, 2.45) is 5.73 Å². The number of anilines is 1. The van der Waals surface area contributed by atoms with E-state index >= 15 is 0 Å². The van der Waals surface area contributed by atoms with Gasteiger partial charge in [0.25, 0.3) is 0 Å². The zero-order valence-electron chi connectivity index (χ0n) is 11.9. The monoisotopic (exact) mass is 304 g/mol. The summed E-state index contributed by atoms with van der Waals surface area (Å²) in [4.78, 5) is 24.8. The van der Waals surface area contributed by atoms with Crippen LogP contribution in [0.5, 0.6) is 0 Å². The number of carbonyl (C=O) groups excluding carboxylic acids is 2. The predicted molar refractivity (Wildman–Crippen MR) is 77.6 cm³/mol. The van der Waals surface area contributed by atoms with Gasteiger partial charge in [-0.15, -0.1) is 12.4 Å². The Kier molecular flexibility index (Phi) is 7.86. The molecule has 1 atom stereocenters. The van der Waals surface area contributed by atoms with Gasteiger partial charge in [-0.3, -0.25) is 9.59 Å². The summed E-state index contributed by atoms with van der Waals surface area (Å²) in [5.74, 6) is 0.354. The number of nitrogens with two attached hydrogens (primary N) is 1. The molecule has 0 aliphatic carbocycles. The fraction of sp³-hybridized carbons (Fsp3) is 0.583. The molecule has 0 saturated heterocycles. The van der Waals surface area contributed by atoms with Crippen molar-refractivity contribution in [3.63, 3.8) is 0 Å². The molecule has 1 rings (SSSR count). The number of halogens is 1. The Morgan fingerprint density at radius 2 is 2.20 bits per heavy atom. The van der Waals surface area contributed by atoms with Crippen LogP contribution in [0.15, 0.2) is 10.6 Å². The van der Waals surface area contributed by atoms with Crippen LogP contribution in [-0.4, -0.2) is 41.5 Å². The van der Waals surface area contributed by atoms with Gasteiger partial charge in [0.05, 0.1) is 12.6 Å². The van der Waals surface area contributed by atoms with Crippen molar-refractivity contribution in [1.29, 1.82) is 0 Å². The summed E-state index contributed by atoms with van der Waals surface area (Å²) in [6.07, 6.45) is 1.43. The van der Waals surface area contributed by atoms with E-state index in [-0.39, 0.29) is 30.8 Å². The smallest absolute Gasteiger partial charge is 0.245 e. The highest BCUT2D eigenvalue weighted by molar-refractivity contribution is 5.94. The Morgan fingerprint density at radius 1 is 1.55 bits per heavy atom. The first-order valence-corrected chi connectivity index (χ1v) is 6.17. The molecule has 0 spiro atoms. The van der Waals surface area contributed by atoms with Gasteiger partial charge in [-0.05, 0) is 13.3 Å². The first-order valence-electron chi connectivity index (χ1n) is 6.17. The molecule has 1 aromatic heterocycles. The third kappa shape index (κ3) is 5.58. The molecular weight excluding hydrogens is 284 g/mol. The van der Waals surface area contributed by atoms with E-state index < -0.39 is 6.04 Å². The molecule has 20 heavy (non-hydrogen) atoms. The Labute approximate surface area is 124 Å². The Balaban J connectivity index is 0.00000361. The molecule has 0 aliphatic rings. The van der Waals surface area contributed by atoms with Crippen LogP contribution in [0.4, 0.5) is 5.82 Å². The number of aryl methyl sites for hydroxylation is 1. The van der Waals surface area contributed by atoms with Crippen LogP contribution in [-0.2, 0) is 9.59 Å². The molecule has 1 heterocycles. The molecule has 7 nitrogen and oxygen atoms in total. The maximum absolute atomic E-state index is 11.8. The summed E-state index contributed by atoms with van der Waals surface area (Å²) < 4.78 is 4.82. The molecule has 0 fully saturated rings. The second kappa shape index (κ2) is 8.55. The first-order chi connectivity index (χ1) is 8.93. The minimum atomic E-state index is -0.558. The van der Waals surface area contributed by atoms with Crippen molar-refractivity contribution >= 4 is 30.0 Å². The van der Waals surface area contributed by atoms with Crippen molar-refractivity contribution in [2.45, 2.75) is 32.7 Å². The number of hydrogen-bond donors (Lipinski definition) is 2. The van der Waals surface area contributed by atoms with Crippen LogP contribution in [0, 0.1) is 6.92 Å². The highest BCUT2D eigenvalue weighted by Crippen LogP contribution is 2.07. The summed E-state index contributed by atoms with van der Waals surface area (Å²) in [6, 6.07) is 1.04. The topological polar surface area (TPSA) is 101 Å². The zero-order chi connectivity index (χ0) is 14.4. The number of nitrogens with zero attached hydrogens (tertiary/aromatic N) is 2. The number of hydrogen-bond acceptors (Lipinski definition) is 5.